The number of rotatable bonds is 8. The van der Waals surface area contributed by atoms with E-state index in [1.165, 1.54) is 49.6 Å². The summed E-state index contributed by atoms with van der Waals surface area (Å²) < 4.78 is 69.0. The van der Waals surface area contributed by atoms with E-state index in [2.05, 4.69) is 19.9 Å². The molecule has 0 unspecified atom stereocenters. The zero-order valence-electron chi connectivity index (χ0n) is 20.1. The molecule has 2 aromatic heterocycles. The standard InChI is InChI=1S/C25H20ClF2N5O4S/c1-3-4-23-30-31-24-25(29-19-12-17(27)18(28)13-20(19)33(23)24)37-16-8-6-15(7-9-16)32-38(34,35)22-11-14(26)5-10-21(22)36-2/h5-13,32H,3-4H2,1-2H3. The Labute approximate surface area is 221 Å². The van der Waals surface area contributed by atoms with E-state index in [9.17, 15) is 17.2 Å². The number of halogens is 3. The van der Waals surface area contributed by atoms with E-state index in [1.807, 2.05) is 6.92 Å². The third-order valence-corrected chi connectivity index (χ3v) is 7.25. The number of hydrogen-bond acceptors (Lipinski definition) is 7. The predicted molar refractivity (Wildman–Crippen MR) is 138 cm³/mol. The Hall–Kier alpha value is -4.03. The van der Waals surface area contributed by atoms with Crippen LogP contribution >= 0.6 is 11.6 Å². The van der Waals surface area contributed by atoms with Crippen molar-refractivity contribution in [3.63, 3.8) is 0 Å². The number of anilines is 1. The van der Waals surface area contributed by atoms with Crippen LogP contribution in [0.2, 0.25) is 5.02 Å². The molecule has 0 radical (unpaired) electrons. The zero-order valence-corrected chi connectivity index (χ0v) is 21.6. The smallest absolute Gasteiger partial charge is 0.266 e. The van der Waals surface area contributed by atoms with E-state index >= 15 is 0 Å². The van der Waals surface area contributed by atoms with Gasteiger partial charge in [0.1, 0.15) is 22.2 Å². The second kappa shape index (κ2) is 10.0. The van der Waals surface area contributed by atoms with Gasteiger partial charge in [0.15, 0.2) is 11.6 Å². The van der Waals surface area contributed by atoms with Crippen molar-refractivity contribution < 1.29 is 26.7 Å². The Morgan fingerprint density at radius 1 is 1.03 bits per heavy atom. The summed E-state index contributed by atoms with van der Waals surface area (Å²) in [5.74, 6) is -1.06. The first-order valence-corrected chi connectivity index (χ1v) is 13.2. The van der Waals surface area contributed by atoms with Crippen LogP contribution in [0, 0.1) is 11.6 Å². The third-order valence-electron chi connectivity index (χ3n) is 5.61. The van der Waals surface area contributed by atoms with Gasteiger partial charge in [-0.3, -0.25) is 9.12 Å². The number of fused-ring (bicyclic) bond motifs is 3. The summed E-state index contributed by atoms with van der Waals surface area (Å²) in [5.41, 5.74) is 0.940. The Morgan fingerprint density at radius 2 is 1.76 bits per heavy atom. The van der Waals surface area contributed by atoms with Crippen LogP contribution in [-0.2, 0) is 16.4 Å². The molecule has 0 aliphatic carbocycles. The van der Waals surface area contributed by atoms with Gasteiger partial charge < -0.3 is 9.47 Å². The number of ether oxygens (including phenoxy) is 2. The van der Waals surface area contributed by atoms with Crippen LogP contribution in [0.1, 0.15) is 19.2 Å². The maximum Gasteiger partial charge on any atom is 0.266 e. The molecule has 0 fully saturated rings. The van der Waals surface area contributed by atoms with Crippen molar-refractivity contribution in [1.29, 1.82) is 0 Å². The quantitative estimate of drug-likeness (QED) is 0.257. The van der Waals surface area contributed by atoms with Crippen molar-refractivity contribution in [2.75, 3.05) is 11.8 Å². The Bertz CT molecular complexity index is 1780. The summed E-state index contributed by atoms with van der Waals surface area (Å²) in [4.78, 5) is 4.22. The van der Waals surface area contributed by atoms with Gasteiger partial charge in [-0.15, -0.1) is 10.2 Å². The van der Waals surface area contributed by atoms with Gasteiger partial charge in [0.2, 0.25) is 5.65 Å². The van der Waals surface area contributed by atoms with E-state index in [-0.39, 0.29) is 38.4 Å². The summed E-state index contributed by atoms with van der Waals surface area (Å²) in [6, 6.07) is 12.3. The minimum Gasteiger partial charge on any atom is -0.495 e. The molecule has 1 N–H and O–H groups in total. The van der Waals surface area contributed by atoms with Crippen LogP contribution in [0.15, 0.2) is 59.5 Å². The molecule has 0 bridgehead atoms. The lowest BCUT2D eigenvalue weighted by Crippen LogP contribution is -2.14. The largest absolute Gasteiger partial charge is 0.495 e. The maximum atomic E-state index is 14.0. The van der Waals surface area contributed by atoms with E-state index < -0.39 is 21.7 Å². The van der Waals surface area contributed by atoms with Gasteiger partial charge in [0.05, 0.1) is 18.1 Å². The van der Waals surface area contributed by atoms with E-state index in [0.717, 1.165) is 18.6 Å². The monoisotopic (exact) mass is 559 g/mol. The first-order valence-electron chi connectivity index (χ1n) is 11.4. The van der Waals surface area contributed by atoms with E-state index in [4.69, 9.17) is 21.1 Å². The summed E-state index contributed by atoms with van der Waals surface area (Å²) >= 11 is 5.97. The van der Waals surface area contributed by atoms with Gasteiger partial charge in [0.25, 0.3) is 15.9 Å². The van der Waals surface area contributed by atoms with Gasteiger partial charge in [0, 0.05) is 29.3 Å². The maximum absolute atomic E-state index is 14.0. The number of nitrogens with zero attached hydrogens (tertiary/aromatic N) is 4. The molecule has 9 nitrogen and oxygen atoms in total. The van der Waals surface area contributed by atoms with Crippen LogP contribution in [-0.4, -0.2) is 35.1 Å². The van der Waals surface area contributed by atoms with Crippen molar-refractivity contribution in [3.8, 4) is 17.4 Å². The topological polar surface area (TPSA) is 108 Å². The summed E-state index contributed by atoms with van der Waals surface area (Å²) in [6.45, 7) is 1.96. The van der Waals surface area contributed by atoms with Crippen molar-refractivity contribution in [2.45, 2.75) is 24.7 Å². The Balaban J connectivity index is 1.47. The first-order chi connectivity index (χ1) is 18.2. The van der Waals surface area contributed by atoms with Crippen LogP contribution in [0.5, 0.6) is 17.4 Å². The molecule has 3 aromatic carbocycles. The van der Waals surface area contributed by atoms with Crippen LogP contribution in [0.25, 0.3) is 16.7 Å². The lowest BCUT2D eigenvalue weighted by atomic mass is 10.2. The molecule has 196 valence electrons. The van der Waals surface area contributed by atoms with Crippen LogP contribution < -0.4 is 14.2 Å². The highest BCUT2D eigenvalue weighted by Gasteiger charge is 2.21. The Morgan fingerprint density at radius 3 is 2.47 bits per heavy atom. The van der Waals surface area contributed by atoms with Gasteiger partial charge in [-0.05, 0) is 48.9 Å². The number of hydrogen-bond donors (Lipinski definition) is 1. The second-order valence-corrected chi connectivity index (χ2v) is 10.3. The number of benzene rings is 3. The van der Waals surface area contributed by atoms with E-state index in [0.29, 0.717) is 23.5 Å². The number of methoxy groups -OCH3 is 1. The highest BCUT2D eigenvalue weighted by Crippen LogP contribution is 2.31. The summed E-state index contributed by atoms with van der Waals surface area (Å²) in [5, 5.41) is 8.57. The van der Waals surface area contributed by atoms with Crippen molar-refractivity contribution in [3.05, 3.63) is 77.1 Å². The molecule has 0 aliphatic heterocycles. The average molecular weight is 560 g/mol. The average Bonchev–Trinajstić information content (AvgIpc) is 3.31. The molecule has 0 saturated heterocycles. The normalized spacial score (nSPS) is 11.7. The number of sulfonamides is 1. The minimum atomic E-state index is -4.01. The SMILES string of the molecule is CCCc1nnc2c(Oc3ccc(NS(=O)(=O)c4cc(Cl)ccc4OC)cc3)nc3cc(F)c(F)cc3n12. The van der Waals surface area contributed by atoms with Gasteiger partial charge in [-0.25, -0.2) is 22.2 Å². The molecule has 0 atom stereocenters. The summed E-state index contributed by atoms with van der Waals surface area (Å²) in [7, 11) is -2.66. The molecule has 5 aromatic rings. The molecular formula is C25H20ClF2N5O4S. The summed E-state index contributed by atoms with van der Waals surface area (Å²) in [6.07, 6.45) is 1.30. The second-order valence-electron chi connectivity index (χ2n) is 8.22. The van der Waals surface area contributed by atoms with E-state index in [1.54, 1.807) is 4.40 Å². The number of aromatic nitrogens is 4. The molecule has 5 rings (SSSR count). The molecule has 0 amide bonds. The third kappa shape index (κ3) is 4.79. The number of aryl methyl sites for hydroxylation is 1. The van der Waals surface area contributed by atoms with Gasteiger partial charge in [-0.2, -0.15) is 0 Å². The van der Waals surface area contributed by atoms with Crippen molar-refractivity contribution in [1.82, 2.24) is 19.6 Å². The predicted octanol–water partition coefficient (Wildman–Crippen LogP) is 5.76. The lowest BCUT2D eigenvalue weighted by Gasteiger charge is -2.13. The fourth-order valence-corrected chi connectivity index (χ4v) is 5.38. The zero-order chi connectivity index (χ0) is 27.0. The fourth-order valence-electron chi connectivity index (χ4n) is 3.89. The lowest BCUT2D eigenvalue weighted by molar-refractivity contribution is 0.403. The fraction of sp³-hybridized carbons (Fsp3) is 0.160. The van der Waals surface area contributed by atoms with Crippen LogP contribution in [0.4, 0.5) is 14.5 Å². The Kier molecular flexibility index (Phi) is 6.76. The molecule has 38 heavy (non-hydrogen) atoms. The van der Waals surface area contributed by atoms with Crippen molar-refractivity contribution >= 4 is 44.0 Å². The minimum absolute atomic E-state index is 0.0235. The molecule has 2 heterocycles. The van der Waals surface area contributed by atoms with Crippen LogP contribution in [0.3, 0.4) is 0 Å². The molecular weight excluding hydrogens is 540 g/mol. The molecule has 0 spiro atoms. The highest BCUT2D eigenvalue weighted by molar-refractivity contribution is 7.92. The van der Waals surface area contributed by atoms with Crippen molar-refractivity contribution in [2.24, 2.45) is 0 Å². The molecule has 0 aliphatic rings. The number of nitrogens with one attached hydrogen (secondary N) is 1. The molecule has 13 heteroatoms. The molecule has 0 saturated carbocycles. The first kappa shape index (κ1) is 25.6. The highest BCUT2D eigenvalue weighted by atomic mass is 35.5. The van der Waals surface area contributed by atoms with Gasteiger partial charge >= 0.3 is 0 Å². The van der Waals surface area contributed by atoms with Gasteiger partial charge in [-0.1, -0.05) is 18.5 Å².